The zero-order chi connectivity index (χ0) is 19.8. The fraction of sp³-hybridized carbons (Fsp3) is 0.818. The van der Waals surface area contributed by atoms with Crippen molar-refractivity contribution >= 4 is 11.8 Å². The number of fused-ring (bicyclic) bond motifs is 3. The fourth-order valence-electron chi connectivity index (χ4n) is 7.69. The molecule has 4 fully saturated rings. The Morgan fingerprint density at radius 3 is 2.59 bits per heavy atom. The lowest BCUT2D eigenvalue weighted by Gasteiger charge is -2.65. The molecule has 150 valence electrons. The molecule has 8 atom stereocenters. The lowest BCUT2D eigenvalue weighted by molar-refractivity contribution is -0.231. The summed E-state index contributed by atoms with van der Waals surface area (Å²) in [4.78, 5) is 24.7. The molecule has 0 radical (unpaired) electrons. The highest BCUT2D eigenvalue weighted by Crippen LogP contribution is 2.71. The Hall–Kier alpha value is -1.20. The SMILES string of the molecule is C=C1C(=O)[C@@]23[C@H](O)C[C@@H]4[C@@](C)(COC(C)=O)CCC[C@@]4(C)[C@@H]2CC[C@@H]1[C@H]3O. The van der Waals surface area contributed by atoms with Gasteiger partial charge in [-0.05, 0) is 54.9 Å². The summed E-state index contributed by atoms with van der Waals surface area (Å²) in [5, 5.41) is 22.4. The van der Waals surface area contributed by atoms with Crippen LogP contribution in [0, 0.1) is 34.0 Å². The van der Waals surface area contributed by atoms with E-state index >= 15 is 0 Å². The largest absolute Gasteiger partial charge is 0.465 e. The highest BCUT2D eigenvalue weighted by Gasteiger charge is 2.73. The van der Waals surface area contributed by atoms with Crippen molar-refractivity contribution in [1.29, 1.82) is 0 Å². The third-order valence-corrected chi connectivity index (χ3v) is 8.86. The molecule has 0 heterocycles. The van der Waals surface area contributed by atoms with Crippen LogP contribution >= 0.6 is 0 Å². The van der Waals surface area contributed by atoms with Crippen LogP contribution in [-0.4, -0.2) is 40.8 Å². The summed E-state index contributed by atoms with van der Waals surface area (Å²) >= 11 is 0. The van der Waals surface area contributed by atoms with E-state index < -0.39 is 17.6 Å². The van der Waals surface area contributed by atoms with E-state index in [-0.39, 0.29) is 40.3 Å². The molecule has 4 saturated carbocycles. The molecule has 0 unspecified atom stereocenters. The minimum atomic E-state index is -1.09. The van der Waals surface area contributed by atoms with Crippen LogP contribution in [0.3, 0.4) is 0 Å². The Kier molecular flexibility index (Phi) is 4.18. The lowest BCUT2D eigenvalue weighted by atomic mass is 9.39. The van der Waals surface area contributed by atoms with E-state index in [9.17, 15) is 19.8 Å². The summed E-state index contributed by atoms with van der Waals surface area (Å²) in [5.74, 6) is -0.515. The molecular weight excluding hydrogens is 344 g/mol. The predicted octanol–water partition coefficient (Wildman–Crippen LogP) is 2.64. The zero-order valence-electron chi connectivity index (χ0n) is 16.7. The van der Waals surface area contributed by atoms with Gasteiger partial charge >= 0.3 is 5.97 Å². The van der Waals surface area contributed by atoms with E-state index in [4.69, 9.17) is 4.74 Å². The number of ketones is 1. The Labute approximate surface area is 161 Å². The Morgan fingerprint density at radius 2 is 1.93 bits per heavy atom. The van der Waals surface area contributed by atoms with Crippen molar-refractivity contribution in [3.05, 3.63) is 12.2 Å². The van der Waals surface area contributed by atoms with Gasteiger partial charge in [0, 0.05) is 18.3 Å². The molecule has 2 N–H and O–H groups in total. The van der Waals surface area contributed by atoms with E-state index in [0.717, 1.165) is 32.1 Å². The topological polar surface area (TPSA) is 83.8 Å². The summed E-state index contributed by atoms with van der Waals surface area (Å²) in [5.41, 5.74) is -0.977. The fourth-order valence-corrected chi connectivity index (χ4v) is 7.69. The van der Waals surface area contributed by atoms with Gasteiger partial charge in [0.15, 0.2) is 5.78 Å². The zero-order valence-corrected chi connectivity index (χ0v) is 16.7. The molecule has 5 heteroatoms. The number of carbonyl (C=O) groups is 2. The predicted molar refractivity (Wildman–Crippen MR) is 99.6 cm³/mol. The molecule has 27 heavy (non-hydrogen) atoms. The molecule has 2 bridgehead atoms. The molecule has 0 aromatic carbocycles. The maximum atomic E-state index is 13.3. The minimum Gasteiger partial charge on any atom is -0.465 e. The molecule has 0 aromatic heterocycles. The van der Waals surface area contributed by atoms with Crippen molar-refractivity contribution < 1.29 is 24.5 Å². The quantitative estimate of drug-likeness (QED) is 0.572. The smallest absolute Gasteiger partial charge is 0.302 e. The molecule has 0 aliphatic heterocycles. The van der Waals surface area contributed by atoms with Crippen LogP contribution in [0.5, 0.6) is 0 Å². The standard InChI is InChI=1S/C22H32O5/c1-12-14-6-7-15-21(4)9-5-8-20(3,11-27-13(2)23)16(21)10-17(24)22(15,18(12)25)19(14)26/h14-17,19,24,26H,1,5-11H2,2-4H3/t14-,15-,16+,17+,19+,20+,21-,22-/m0/s1. The molecule has 5 nitrogen and oxygen atoms in total. The van der Waals surface area contributed by atoms with Crippen LogP contribution in [-0.2, 0) is 14.3 Å². The molecule has 1 spiro atoms. The van der Waals surface area contributed by atoms with Gasteiger partial charge in [0.05, 0.1) is 24.2 Å². The Balaban J connectivity index is 1.77. The maximum absolute atomic E-state index is 13.3. The maximum Gasteiger partial charge on any atom is 0.302 e. The summed E-state index contributed by atoms with van der Waals surface area (Å²) in [6.07, 6.45) is 3.28. The lowest BCUT2D eigenvalue weighted by Crippen LogP contribution is -2.67. The molecule has 0 saturated heterocycles. The first-order chi connectivity index (χ1) is 12.6. The number of esters is 1. The van der Waals surface area contributed by atoms with Gasteiger partial charge in [-0.1, -0.05) is 26.8 Å². The van der Waals surface area contributed by atoms with Gasteiger partial charge in [-0.25, -0.2) is 0 Å². The van der Waals surface area contributed by atoms with Gasteiger partial charge in [-0.3, -0.25) is 9.59 Å². The second-order valence-electron chi connectivity index (χ2n) is 10.1. The van der Waals surface area contributed by atoms with Gasteiger partial charge in [-0.15, -0.1) is 0 Å². The second kappa shape index (κ2) is 5.90. The molecule has 4 aliphatic rings. The molecule has 0 amide bonds. The van der Waals surface area contributed by atoms with Gasteiger partial charge in [-0.2, -0.15) is 0 Å². The number of hydrogen-bond acceptors (Lipinski definition) is 5. The average Bonchev–Trinajstić information content (AvgIpc) is 2.71. The van der Waals surface area contributed by atoms with Crippen molar-refractivity contribution in [2.45, 2.75) is 71.5 Å². The van der Waals surface area contributed by atoms with Crippen molar-refractivity contribution in [1.82, 2.24) is 0 Å². The third-order valence-electron chi connectivity index (χ3n) is 8.86. The first-order valence-corrected chi connectivity index (χ1v) is 10.3. The average molecular weight is 376 g/mol. The first kappa shape index (κ1) is 19.1. The van der Waals surface area contributed by atoms with Crippen molar-refractivity contribution in [2.24, 2.45) is 34.0 Å². The number of aliphatic hydroxyl groups is 2. The van der Waals surface area contributed by atoms with E-state index in [1.807, 2.05) is 0 Å². The van der Waals surface area contributed by atoms with Crippen molar-refractivity contribution in [2.75, 3.05) is 6.61 Å². The van der Waals surface area contributed by atoms with Crippen LogP contribution in [0.1, 0.15) is 59.3 Å². The monoisotopic (exact) mass is 376 g/mol. The van der Waals surface area contributed by atoms with E-state index in [1.165, 1.54) is 6.92 Å². The highest BCUT2D eigenvalue weighted by atomic mass is 16.5. The molecule has 4 aliphatic carbocycles. The van der Waals surface area contributed by atoms with Crippen LogP contribution in [0.4, 0.5) is 0 Å². The number of carbonyl (C=O) groups excluding carboxylic acids is 2. The third kappa shape index (κ3) is 2.24. The normalized spacial score (nSPS) is 51.5. The van der Waals surface area contributed by atoms with Crippen molar-refractivity contribution in [3.63, 3.8) is 0 Å². The Morgan fingerprint density at radius 1 is 1.22 bits per heavy atom. The first-order valence-electron chi connectivity index (χ1n) is 10.3. The summed E-state index contributed by atoms with van der Waals surface area (Å²) in [7, 11) is 0. The van der Waals surface area contributed by atoms with Gasteiger partial charge in [0.2, 0.25) is 0 Å². The van der Waals surface area contributed by atoms with Crippen LogP contribution in [0.25, 0.3) is 0 Å². The van der Waals surface area contributed by atoms with Crippen LogP contribution in [0.15, 0.2) is 12.2 Å². The molecular formula is C22H32O5. The van der Waals surface area contributed by atoms with E-state index in [1.54, 1.807) is 0 Å². The summed E-state index contributed by atoms with van der Waals surface area (Å²) in [6.45, 7) is 10.1. The second-order valence-corrected chi connectivity index (χ2v) is 10.1. The minimum absolute atomic E-state index is 0.0614. The summed E-state index contributed by atoms with van der Waals surface area (Å²) < 4.78 is 5.42. The van der Waals surface area contributed by atoms with Crippen molar-refractivity contribution in [3.8, 4) is 0 Å². The summed E-state index contributed by atoms with van der Waals surface area (Å²) in [6, 6.07) is 0. The number of Topliss-reactive ketones (excluding diaryl/α,β-unsaturated/α-hetero) is 1. The Bertz CT molecular complexity index is 701. The van der Waals surface area contributed by atoms with Gasteiger partial charge in [0.1, 0.15) is 0 Å². The number of aliphatic hydroxyl groups excluding tert-OH is 2. The van der Waals surface area contributed by atoms with Gasteiger partial charge in [0.25, 0.3) is 0 Å². The van der Waals surface area contributed by atoms with Gasteiger partial charge < -0.3 is 14.9 Å². The number of rotatable bonds is 2. The number of hydrogen-bond donors (Lipinski definition) is 2. The van der Waals surface area contributed by atoms with E-state index in [0.29, 0.717) is 18.6 Å². The van der Waals surface area contributed by atoms with E-state index in [2.05, 4.69) is 20.4 Å². The van der Waals surface area contributed by atoms with Crippen LogP contribution < -0.4 is 0 Å². The number of ether oxygens (including phenoxy) is 1. The molecule has 4 rings (SSSR count). The molecule has 0 aromatic rings. The highest BCUT2D eigenvalue weighted by molar-refractivity contribution is 6.04. The van der Waals surface area contributed by atoms with Crippen LogP contribution in [0.2, 0.25) is 0 Å².